The molecule has 3 nitrogen and oxygen atoms in total. The largest absolute Gasteiger partial charge is 0.322 e. The number of amides is 2. The van der Waals surface area contributed by atoms with E-state index in [1.54, 1.807) is 32.2 Å². The molecule has 0 aliphatic carbocycles. The number of hydrogen-bond acceptors (Lipinski definition) is 1. The molecule has 0 bridgehead atoms. The first-order valence-corrected chi connectivity index (χ1v) is 7.25. The van der Waals surface area contributed by atoms with Gasteiger partial charge in [0.1, 0.15) is 5.82 Å². The predicted octanol–water partition coefficient (Wildman–Crippen LogP) is 4.67. The second-order valence-corrected chi connectivity index (χ2v) is 5.56. The maximum absolute atomic E-state index is 13.8. The fourth-order valence-electron chi connectivity index (χ4n) is 2.27. The van der Waals surface area contributed by atoms with E-state index < -0.39 is 0 Å². The average molecular weight is 300 g/mol. The van der Waals surface area contributed by atoms with Crippen molar-refractivity contribution in [1.82, 2.24) is 4.90 Å². The number of urea groups is 1. The third-order valence-corrected chi connectivity index (χ3v) is 3.89. The molecule has 0 saturated carbocycles. The number of halogens is 1. The summed E-state index contributed by atoms with van der Waals surface area (Å²) in [5, 5.41) is 2.89. The molecule has 0 fully saturated rings. The Kier molecular flexibility index (Phi) is 4.81. The maximum Gasteiger partial charge on any atom is 0.322 e. The Morgan fingerprint density at radius 1 is 1.18 bits per heavy atom. The van der Waals surface area contributed by atoms with Gasteiger partial charge in [-0.1, -0.05) is 30.3 Å². The summed E-state index contributed by atoms with van der Waals surface area (Å²) in [7, 11) is 1.66. The standard InChI is InChI=1S/C18H21FN2O/c1-12-9-10-13(2)17(11-12)20-18(22)21(4)14(3)15-7-5-6-8-16(15)19/h5-11,14H,1-4H3,(H,20,22). The van der Waals surface area contributed by atoms with E-state index in [1.165, 1.54) is 11.0 Å². The summed E-state index contributed by atoms with van der Waals surface area (Å²) in [6.45, 7) is 5.72. The summed E-state index contributed by atoms with van der Waals surface area (Å²) in [5.74, 6) is -0.304. The molecular formula is C18H21FN2O. The molecule has 0 aliphatic rings. The van der Waals surface area contributed by atoms with Gasteiger partial charge in [0.05, 0.1) is 6.04 Å². The van der Waals surface area contributed by atoms with Crippen molar-refractivity contribution in [3.63, 3.8) is 0 Å². The van der Waals surface area contributed by atoms with E-state index in [-0.39, 0.29) is 17.9 Å². The highest BCUT2D eigenvalue weighted by atomic mass is 19.1. The molecule has 1 atom stereocenters. The molecule has 0 aliphatic heterocycles. The SMILES string of the molecule is Cc1ccc(C)c(NC(=O)N(C)C(C)c2ccccc2F)c1. The van der Waals surface area contributed by atoms with Crippen molar-refractivity contribution in [2.75, 3.05) is 12.4 Å². The van der Waals surface area contributed by atoms with Gasteiger partial charge in [0, 0.05) is 18.3 Å². The normalized spacial score (nSPS) is 11.9. The first-order valence-electron chi connectivity index (χ1n) is 7.25. The van der Waals surface area contributed by atoms with Gasteiger partial charge in [0.25, 0.3) is 0 Å². The van der Waals surface area contributed by atoms with Crippen LogP contribution in [0.2, 0.25) is 0 Å². The molecule has 2 rings (SSSR count). The number of anilines is 1. The van der Waals surface area contributed by atoms with Crippen LogP contribution in [0.25, 0.3) is 0 Å². The molecule has 22 heavy (non-hydrogen) atoms. The van der Waals surface area contributed by atoms with Crippen molar-refractivity contribution in [2.45, 2.75) is 26.8 Å². The van der Waals surface area contributed by atoms with Gasteiger partial charge in [-0.2, -0.15) is 0 Å². The van der Waals surface area contributed by atoms with Gasteiger partial charge in [-0.3, -0.25) is 0 Å². The fourth-order valence-corrected chi connectivity index (χ4v) is 2.27. The number of rotatable bonds is 3. The summed E-state index contributed by atoms with van der Waals surface area (Å²) in [6, 6.07) is 11.8. The molecule has 1 unspecified atom stereocenters. The van der Waals surface area contributed by atoms with E-state index in [2.05, 4.69) is 5.32 Å². The molecule has 4 heteroatoms. The Labute approximate surface area is 130 Å². The lowest BCUT2D eigenvalue weighted by Crippen LogP contribution is -2.34. The highest BCUT2D eigenvalue weighted by molar-refractivity contribution is 5.90. The van der Waals surface area contributed by atoms with Crippen molar-refractivity contribution in [1.29, 1.82) is 0 Å². The van der Waals surface area contributed by atoms with E-state index in [4.69, 9.17) is 0 Å². The minimum atomic E-state index is -0.355. The lowest BCUT2D eigenvalue weighted by Gasteiger charge is -2.26. The summed E-state index contributed by atoms with van der Waals surface area (Å²) in [5.41, 5.74) is 3.34. The lowest BCUT2D eigenvalue weighted by atomic mass is 10.1. The van der Waals surface area contributed by atoms with E-state index in [1.807, 2.05) is 32.0 Å². The van der Waals surface area contributed by atoms with Crippen LogP contribution in [0, 0.1) is 19.7 Å². The predicted molar refractivity (Wildman–Crippen MR) is 87.5 cm³/mol. The van der Waals surface area contributed by atoms with Gasteiger partial charge < -0.3 is 10.2 Å². The van der Waals surface area contributed by atoms with Crippen LogP contribution in [0.3, 0.4) is 0 Å². The van der Waals surface area contributed by atoms with Crippen LogP contribution in [-0.4, -0.2) is 18.0 Å². The number of carbonyl (C=O) groups excluding carboxylic acids is 1. The van der Waals surface area contributed by atoms with E-state index >= 15 is 0 Å². The number of hydrogen-bond donors (Lipinski definition) is 1. The highest BCUT2D eigenvalue weighted by Crippen LogP contribution is 2.23. The number of carbonyl (C=O) groups is 1. The zero-order chi connectivity index (χ0) is 16.3. The molecule has 0 heterocycles. The van der Waals surface area contributed by atoms with Gasteiger partial charge in [0.2, 0.25) is 0 Å². The summed E-state index contributed by atoms with van der Waals surface area (Å²) in [4.78, 5) is 13.9. The molecular weight excluding hydrogens is 279 g/mol. The van der Waals surface area contributed by atoms with Crippen LogP contribution in [-0.2, 0) is 0 Å². The van der Waals surface area contributed by atoms with Crippen LogP contribution in [0.1, 0.15) is 29.7 Å². The smallest absolute Gasteiger partial charge is 0.321 e. The molecule has 1 N–H and O–H groups in total. The van der Waals surface area contributed by atoms with Crippen molar-refractivity contribution >= 4 is 11.7 Å². The zero-order valence-corrected chi connectivity index (χ0v) is 13.4. The molecule has 0 saturated heterocycles. The zero-order valence-electron chi connectivity index (χ0n) is 13.4. The molecule has 0 spiro atoms. The third-order valence-electron chi connectivity index (χ3n) is 3.89. The molecule has 0 aromatic heterocycles. The first-order chi connectivity index (χ1) is 10.4. The maximum atomic E-state index is 13.8. The van der Waals surface area contributed by atoms with Crippen LogP contribution < -0.4 is 5.32 Å². The number of nitrogens with zero attached hydrogens (tertiary/aromatic N) is 1. The van der Waals surface area contributed by atoms with Crippen LogP contribution in [0.15, 0.2) is 42.5 Å². The molecule has 2 aromatic rings. The second kappa shape index (κ2) is 6.60. The quantitative estimate of drug-likeness (QED) is 0.878. The van der Waals surface area contributed by atoms with Gasteiger partial charge in [-0.15, -0.1) is 0 Å². The number of aryl methyl sites for hydroxylation is 2. The molecule has 0 radical (unpaired) electrons. The van der Waals surface area contributed by atoms with Crippen molar-refractivity contribution in [2.24, 2.45) is 0 Å². The van der Waals surface area contributed by atoms with Crippen LogP contribution >= 0.6 is 0 Å². The number of nitrogens with one attached hydrogen (secondary N) is 1. The average Bonchev–Trinajstić information content (AvgIpc) is 2.50. The van der Waals surface area contributed by atoms with Crippen LogP contribution in [0.4, 0.5) is 14.9 Å². The van der Waals surface area contributed by atoms with Crippen molar-refractivity contribution in [3.8, 4) is 0 Å². The topological polar surface area (TPSA) is 32.3 Å². The Morgan fingerprint density at radius 2 is 1.86 bits per heavy atom. The fraction of sp³-hybridized carbons (Fsp3) is 0.278. The molecule has 2 amide bonds. The molecule has 2 aromatic carbocycles. The van der Waals surface area contributed by atoms with E-state index in [0.29, 0.717) is 5.56 Å². The monoisotopic (exact) mass is 300 g/mol. The minimum absolute atomic E-state index is 0.260. The molecule has 116 valence electrons. The van der Waals surface area contributed by atoms with Gasteiger partial charge in [0.15, 0.2) is 0 Å². The Hall–Kier alpha value is -2.36. The van der Waals surface area contributed by atoms with E-state index in [9.17, 15) is 9.18 Å². The van der Waals surface area contributed by atoms with Crippen molar-refractivity contribution < 1.29 is 9.18 Å². The summed E-state index contributed by atoms with van der Waals surface area (Å²) in [6.07, 6.45) is 0. The number of benzene rings is 2. The summed E-state index contributed by atoms with van der Waals surface area (Å²) < 4.78 is 13.8. The van der Waals surface area contributed by atoms with Crippen LogP contribution in [0.5, 0.6) is 0 Å². The highest BCUT2D eigenvalue weighted by Gasteiger charge is 2.20. The first kappa shape index (κ1) is 16.0. The minimum Gasteiger partial charge on any atom is -0.321 e. The van der Waals surface area contributed by atoms with Crippen molar-refractivity contribution in [3.05, 3.63) is 65.0 Å². The van der Waals surface area contributed by atoms with Gasteiger partial charge >= 0.3 is 6.03 Å². The third kappa shape index (κ3) is 3.45. The lowest BCUT2D eigenvalue weighted by molar-refractivity contribution is 0.207. The Balaban J connectivity index is 2.15. The Bertz CT molecular complexity index is 685. The van der Waals surface area contributed by atoms with E-state index in [0.717, 1.165) is 16.8 Å². The van der Waals surface area contributed by atoms with Gasteiger partial charge in [-0.25, -0.2) is 9.18 Å². The van der Waals surface area contributed by atoms with Gasteiger partial charge in [-0.05, 0) is 44.0 Å². The summed E-state index contributed by atoms with van der Waals surface area (Å²) >= 11 is 0. The Morgan fingerprint density at radius 3 is 2.55 bits per heavy atom. The second-order valence-electron chi connectivity index (χ2n) is 5.56.